The normalized spacial score (nSPS) is 11.5. The molecule has 2 heteroatoms. The average molecular weight is 261 g/mol. The number of hydrogen-bond acceptors (Lipinski definition) is 0. The van der Waals surface area contributed by atoms with Crippen LogP contribution >= 0.6 is 7.92 Å². The van der Waals surface area contributed by atoms with Crippen LogP contribution in [0.4, 0.5) is 0 Å². The van der Waals surface area contributed by atoms with Crippen molar-refractivity contribution in [3.63, 3.8) is 0 Å². The minimum atomic E-state index is 0. The van der Waals surface area contributed by atoms with Gasteiger partial charge in [0.05, 0.1) is 0 Å². The molecule has 0 nitrogen and oxygen atoms in total. The van der Waals surface area contributed by atoms with E-state index in [1.165, 1.54) is 0 Å². The van der Waals surface area contributed by atoms with Gasteiger partial charge in [-0.3, -0.25) is 0 Å². The smallest absolute Gasteiger partial charge is 0 e. The molecule has 0 amide bonds. The van der Waals surface area contributed by atoms with E-state index in [0.717, 1.165) is 17.0 Å². The fourth-order valence-electron chi connectivity index (χ4n) is 1.79. The van der Waals surface area contributed by atoms with Crippen molar-refractivity contribution in [2.24, 2.45) is 0 Å². The fourth-order valence-corrected chi connectivity index (χ4v) is 5.37. The second-order valence-electron chi connectivity index (χ2n) is 3.73. The van der Waals surface area contributed by atoms with Crippen LogP contribution in [0.15, 0.2) is 0 Å². The molecule has 0 aliphatic carbocycles. The van der Waals surface area contributed by atoms with E-state index in [2.05, 4.69) is 41.5 Å². The molecule has 0 saturated carbocycles. The van der Waals surface area contributed by atoms with Crippen molar-refractivity contribution in [3.8, 4) is 0 Å². The van der Waals surface area contributed by atoms with Gasteiger partial charge in [0.1, 0.15) is 0 Å². The molecule has 0 rings (SSSR count). The van der Waals surface area contributed by atoms with Crippen molar-refractivity contribution in [3.05, 3.63) is 0 Å². The van der Waals surface area contributed by atoms with Gasteiger partial charge in [0.25, 0.3) is 0 Å². The van der Waals surface area contributed by atoms with Crippen molar-refractivity contribution < 1.29 is 19.5 Å². The summed E-state index contributed by atoms with van der Waals surface area (Å²) in [5, 5.41) is 0. The Morgan fingerprint density at radius 1 is 0.636 bits per heavy atom. The fraction of sp³-hybridized carbons (Fsp3) is 1.00. The number of rotatable bonds is 3. The first-order valence-corrected chi connectivity index (χ1v) is 5.79. The van der Waals surface area contributed by atoms with Crippen molar-refractivity contribution in [1.29, 1.82) is 0 Å². The molecule has 70 valence electrons. The van der Waals surface area contributed by atoms with Gasteiger partial charge in [-0.1, -0.05) is 49.5 Å². The summed E-state index contributed by atoms with van der Waals surface area (Å²) in [7, 11) is 0.262. The molecule has 11 heavy (non-hydrogen) atoms. The van der Waals surface area contributed by atoms with E-state index in [0.29, 0.717) is 0 Å². The molecule has 0 fully saturated rings. The van der Waals surface area contributed by atoms with Crippen molar-refractivity contribution in [2.75, 3.05) is 0 Å². The predicted octanol–water partition coefficient (Wildman–Crippen LogP) is 3.69. The molecule has 0 bridgehead atoms. The quantitative estimate of drug-likeness (QED) is 0.537. The minimum absolute atomic E-state index is 0. The van der Waals surface area contributed by atoms with Gasteiger partial charge in [-0.15, -0.1) is 0 Å². The van der Waals surface area contributed by atoms with Gasteiger partial charge >= 0.3 is 0 Å². The van der Waals surface area contributed by atoms with Gasteiger partial charge in [-0.2, -0.15) is 0 Å². The Labute approximate surface area is 86.0 Å². The van der Waals surface area contributed by atoms with E-state index in [4.69, 9.17) is 0 Å². The zero-order valence-corrected chi connectivity index (χ0v) is 11.2. The minimum Gasteiger partial charge on any atom is -0.0988 e. The Balaban J connectivity index is 0. The summed E-state index contributed by atoms with van der Waals surface area (Å²) in [5.41, 5.74) is 2.69. The third kappa shape index (κ3) is 5.32. The van der Waals surface area contributed by atoms with Crippen molar-refractivity contribution in [2.45, 2.75) is 58.5 Å². The summed E-state index contributed by atoms with van der Waals surface area (Å²) in [4.78, 5) is 0. The molecular weight excluding hydrogens is 240 g/mol. The second kappa shape index (κ2) is 6.56. The van der Waals surface area contributed by atoms with Gasteiger partial charge in [-0.25, -0.2) is 0 Å². The standard InChI is InChI=1S/C9H21P.Ru/c1-7(2)10(8(3)4)9(5)6;/h7-9H,1-6H3;. The second-order valence-corrected chi connectivity index (χ2v) is 7.72. The van der Waals surface area contributed by atoms with Crippen LogP contribution in [0.25, 0.3) is 0 Å². The molecule has 0 radical (unpaired) electrons. The van der Waals surface area contributed by atoms with Crippen LogP contribution in [0.1, 0.15) is 41.5 Å². The van der Waals surface area contributed by atoms with E-state index in [1.807, 2.05) is 0 Å². The molecule has 0 spiro atoms. The van der Waals surface area contributed by atoms with Gasteiger partial charge in [0, 0.05) is 19.5 Å². The summed E-state index contributed by atoms with van der Waals surface area (Å²) in [5.74, 6) is 0. The van der Waals surface area contributed by atoms with E-state index < -0.39 is 0 Å². The SMILES string of the molecule is CC(C)P(C(C)C)C(C)C.[Ru]. The predicted molar refractivity (Wildman–Crippen MR) is 52.3 cm³/mol. The third-order valence-corrected chi connectivity index (χ3v) is 5.37. The van der Waals surface area contributed by atoms with Gasteiger partial charge in [-0.05, 0) is 17.0 Å². The molecule has 0 N–H and O–H groups in total. The van der Waals surface area contributed by atoms with Crippen LogP contribution in [0.5, 0.6) is 0 Å². The molecule has 0 aliphatic rings. The molecule has 0 aromatic rings. The van der Waals surface area contributed by atoms with E-state index in [9.17, 15) is 0 Å². The van der Waals surface area contributed by atoms with E-state index >= 15 is 0 Å². The van der Waals surface area contributed by atoms with Gasteiger partial charge < -0.3 is 0 Å². The van der Waals surface area contributed by atoms with Crippen LogP contribution < -0.4 is 0 Å². The van der Waals surface area contributed by atoms with E-state index in [1.54, 1.807) is 0 Å². The Hall–Kier alpha value is 1.05. The van der Waals surface area contributed by atoms with Crippen LogP contribution in [-0.2, 0) is 19.5 Å². The van der Waals surface area contributed by atoms with Crippen molar-refractivity contribution in [1.82, 2.24) is 0 Å². The molecule has 0 aromatic heterocycles. The molecule has 0 saturated heterocycles. The molecule has 0 aliphatic heterocycles. The first-order chi connectivity index (χ1) is 4.46. The largest absolute Gasteiger partial charge is 0.0988 e. The Bertz CT molecular complexity index is 70.5. The molecule has 0 aromatic carbocycles. The molecule has 0 atom stereocenters. The first kappa shape index (κ1) is 14.6. The molecular formula is C9H21PRu. The topological polar surface area (TPSA) is 0 Å². The average Bonchev–Trinajstić information content (AvgIpc) is 1.59. The number of hydrogen-bond donors (Lipinski definition) is 0. The van der Waals surface area contributed by atoms with Gasteiger partial charge in [0.2, 0.25) is 0 Å². The Kier molecular flexibility index (Phi) is 8.68. The maximum Gasteiger partial charge on any atom is 0 e. The van der Waals surface area contributed by atoms with Crippen LogP contribution in [0.2, 0.25) is 0 Å². The van der Waals surface area contributed by atoms with E-state index in [-0.39, 0.29) is 27.4 Å². The molecule has 0 heterocycles. The van der Waals surface area contributed by atoms with Crippen LogP contribution in [0, 0.1) is 0 Å². The maximum atomic E-state index is 2.35. The monoisotopic (exact) mass is 262 g/mol. The van der Waals surface area contributed by atoms with Crippen LogP contribution in [0.3, 0.4) is 0 Å². The van der Waals surface area contributed by atoms with Crippen molar-refractivity contribution >= 4 is 7.92 Å². The maximum absolute atomic E-state index is 2.35. The summed E-state index contributed by atoms with van der Waals surface area (Å²) in [6.45, 7) is 14.1. The zero-order valence-electron chi connectivity index (χ0n) is 8.53. The summed E-state index contributed by atoms with van der Waals surface area (Å²) in [6, 6.07) is 0. The van der Waals surface area contributed by atoms with Crippen LogP contribution in [-0.4, -0.2) is 17.0 Å². The Morgan fingerprint density at radius 3 is 0.818 bits per heavy atom. The van der Waals surface area contributed by atoms with Gasteiger partial charge in [0.15, 0.2) is 0 Å². The summed E-state index contributed by atoms with van der Waals surface area (Å²) >= 11 is 0. The third-order valence-electron chi connectivity index (χ3n) is 1.79. The molecule has 0 unspecified atom stereocenters. The summed E-state index contributed by atoms with van der Waals surface area (Å²) < 4.78 is 0. The first-order valence-electron chi connectivity index (χ1n) is 4.24. The summed E-state index contributed by atoms with van der Waals surface area (Å²) in [6.07, 6.45) is 0. The zero-order chi connectivity index (χ0) is 8.31. The Morgan fingerprint density at radius 2 is 0.818 bits per heavy atom.